The number of rotatable bonds is 7. The zero-order chi connectivity index (χ0) is 12.8. The minimum atomic E-state index is -3.93. The van der Waals surface area contributed by atoms with E-state index in [0.29, 0.717) is 13.0 Å². The largest absolute Gasteiger partial charge is 0.473 e. The average Bonchev–Trinajstić information content (AvgIpc) is 1.99. The summed E-state index contributed by atoms with van der Waals surface area (Å²) < 4.78 is 21.2. The third-order valence-electron chi connectivity index (χ3n) is 1.89. The van der Waals surface area contributed by atoms with E-state index in [4.69, 9.17) is 9.05 Å². The number of hydrogen-bond acceptors (Lipinski definition) is 4. The van der Waals surface area contributed by atoms with Crippen LogP contribution in [-0.4, -0.2) is 24.3 Å². The second-order valence-corrected chi connectivity index (χ2v) is 6.32. The standard InChI is InChI=1S/C10H24NO4P/c1-6-11-9(2)15-16(12,13)14-8-7-10(3,4)5/h9,11H,6-8H2,1-5H3,(H,12,13). The van der Waals surface area contributed by atoms with Crippen LogP contribution in [-0.2, 0) is 13.6 Å². The van der Waals surface area contributed by atoms with Gasteiger partial charge < -0.3 is 4.89 Å². The highest BCUT2D eigenvalue weighted by atomic mass is 31.2. The maximum Gasteiger partial charge on any atom is 0.473 e. The van der Waals surface area contributed by atoms with E-state index < -0.39 is 14.1 Å². The SMILES string of the molecule is CCNC(C)OP(=O)(O)OCCC(C)(C)C. The lowest BCUT2D eigenvalue weighted by Crippen LogP contribution is -2.27. The summed E-state index contributed by atoms with van der Waals surface area (Å²) in [5.41, 5.74) is 0.0767. The van der Waals surface area contributed by atoms with E-state index in [1.807, 2.05) is 27.7 Å². The van der Waals surface area contributed by atoms with Gasteiger partial charge in [0.15, 0.2) is 0 Å². The average molecular weight is 253 g/mol. The van der Waals surface area contributed by atoms with Crippen LogP contribution in [0.4, 0.5) is 0 Å². The summed E-state index contributed by atoms with van der Waals surface area (Å²) in [7, 11) is -3.93. The quantitative estimate of drug-likeness (QED) is 0.539. The molecule has 0 aliphatic carbocycles. The lowest BCUT2D eigenvalue weighted by Gasteiger charge is -2.21. The van der Waals surface area contributed by atoms with Crippen molar-refractivity contribution in [3.63, 3.8) is 0 Å². The van der Waals surface area contributed by atoms with Crippen molar-refractivity contribution in [3.8, 4) is 0 Å². The Hall–Kier alpha value is 0.0700. The van der Waals surface area contributed by atoms with Crippen molar-refractivity contribution in [2.45, 2.75) is 47.3 Å². The molecular formula is C10H24NO4P. The Morgan fingerprint density at radius 3 is 2.44 bits per heavy atom. The molecule has 5 nitrogen and oxygen atoms in total. The van der Waals surface area contributed by atoms with Gasteiger partial charge in [-0.1, -0.05) is 27.7 Å². The van der Waals surface area contributed by atoms with E-state index in [2.05, 4.69) is 5.32 Å². The Bertz CT molecular complexity index is 239. The van der Waals surface area contributed by atoms with Gasteiger partial charge in [0.05, 0.1) is 6.61 Å². The molecule has 2 unspecified atom stereocenters. The van der Waals surface area contributed by atoms with Gasteiger partial charge in [-0.05, 0) is 25.3 Å². The molecule has 0 aromatic heterocycles. The molecule has 6 heteroatoms. The Kier molecular flexibility index (Phi) is 6.75. The van der Waals surface area contributed by atoms with Gasteiger partial charge in [-0.3, -0.25) is 14.4 Å². The number of nitrogens with one attached hydrogen (secondary N) is 1. The van der Waals surface area contributed by atoms with E-state index in [0.717, 1.165) is 0 Å². The number of hydrogen-bond donors (Lipinski definition) is 2. The van der Waals surface area contributed by atoms with Gasteiger partial charge in [-0.2, -0.15) is 0 Å². The maximum atomic E-state index is 11.5. The van der Waals surface area contributed by atoms with Gasteiger partial charge >= 0.3 is 7.82 Å². The van der Waals surface area contributed by atoms with Gasteiger partial charge in [-0.25, -0.2) is 4.57 Å². The van der Waals surface area contributed by atoms with Crippen molar-refractivity contribution in [2.24, 2.45) is 5.41 Å². The minimum absolute atomic E-state index is 0.0767. The topological polar surface area (TPSA) is 67.8 Å². The van der Waals surface area contributed by atoms with Crippen LogP contribution >= 0.6 is 7.82 Å². The van der Waals surface area contributed by atoms with Crippen molar-refractivity contribution in [1.29, 1.82) is 0 Å². The van der Waals surface area contributed by atoms with Crippen LogP contribution in [0.1, 0.15) is 41.0 Å². The molecule has 0 aliphatic heterocycles. The molecule has 0 heterocycles. The normalized spacial score (nSPS) is 18.1. The molecule has 0 radical (unpaired) electrons. The molecule has 0 rings (SSSR count). The Morgan fingerprint density at radius 1 is 1.44 bits per heavy atom. The van der Waals surface area contributed by atoms with Crippen LogP contribution in [0, 0.1) is 5.41 Å². The van der Waals surface area contributed by atoms with Crippen LogP contribution in [0.3, 0.4) is 0 Å². The smallest absolute Gasteiger partial charge is 0.302 e. The maximum absolute atomic E-state index is 11.5. The minimum Gasteiger partial charge on any atom is -0.302 e. The van der Waals surface area contributed by atoms with Crippen LogP contribution in [0.2, 0.25) is 0 Å². The zero-order valence-corrected chi connectivity index (χ0v) is 11.7. The lowest BCUT2D eigenvalue weighted by molar-refractivity contribution is 0.0899. The molecule has 0 aromatic carbocycles. The van der Waals surface area contributed by atoms with Crippen LogP contribution in [0.25, 0.3) is 0 Å². The molecule has 0 saturated heterocycles. The first-order valence-electron chi connectivity index (χ1n) is 5.55. The monoisotopic (exact) mass is 253 g/mol. The fourth-order valence-corrected chi connectivity index (χ4v) is 1.88. The van der Waals surface area contributed by atoms with E-state index in [9.17, 15) is 9.46 Å². The van der Waals surface area contributed by atoms with Crippen molar-refractivity contribution >= 4 is 7.82 Å². The first-order chi connectivity index (χ1) is 7.16. The number of phosphoric ester groups is 1. The van der Waals surface area contributed by atoms with Gasteiger partial charge in [0.1, 0.15) is 6.23 Å². The molecule has 98 valence electrons. The third kappa shape index (κ3) is 9.31. The van der Waals surface area contributed by atoms with Crippen molar-refractivity contribution in [1.82, 2.24) is 5.32 Å². The summed E-state index contributed by atoms with van der Waals surface area (Å²) in [6.07, 6.45) is 0.215. The van der Waals surface area contributed by atoms with Crippen LogP contribution < -0.4 is 5.32 Å². The summed E-state index contributed by atoms with van der Waals surface area (Å²) >= 11 is 0. The van der Waals surface area contributed by atoms with E-state index in [-0.39, 0.29) is 12.0 Å². The summed E-state index contributed by atoms with van der Waals surface area (Å²) in [5, 5.41) is 2.87. The molecule has 0 spiro atoms. The molecule has 0 saturated carbocycles. The summed E-state index contributed by atoms with van der Waals surface area (Å²) in [6.45, 7) is 10.6. The van der Waals surface area contributed by atoms with E-state index in [1.165, 1.54) is 0 Å². The molecular weight excluding hydrogens is 229 g/mol. The van der Waals surface area contributed by atoms with Crippen LogP contribution in [0.5, 0.6) is 0 Å². The molecule has 0 bridgehead atoms. The second-order valence-electron chi connectivity index (χ2n) is 4.92. The van der Waals surface area contributed by atoms with Crippen LogP contribution in [0.15, 0.2) is 0 Å². The Morgan fingerprint density at radius 2 is 2.00 bits per heavy atom. The first kappa shape index (κ1) is 16.1. The third-order valence-corrected chi connectivity index (χ3v) is 2.98. The highest BCUT2D eigenvalue weighted by Crippen LogP contribution is 2.44. The van der Waals surface area contributed by atoms with Gasteiger partial charge in [0, 0.05) is 0 Å². The van der Waals surface area contributed by atoms with Gasteiger partial charge in [0.2, 0.25) is 0 Å². The molecule has 0 aromatic rings. The summed E-state index contributed by atoms with van der Waals surface area (Å²) in [6, 6.07) is 0. The Labute approximate surface area is 98.1 Å². The second kappa shape index (κ2) is 6.72. The molecule has 0 fully saturated rings. The molecule has 0 amide bonds. The Balaban J connectivity index is 3.92. The number of phosphoric acid groups is 1. The van der Waals surface area contributed by atoms with E-state index >= 15 is 0 Å². The zero-order valence-electron chi connectivity index (χ0n) is 10.8. The fraction of sp³-hybridized carbons (Fsp3) is 1.00. The lowest BCUT2D eigenvalue weighted by atomic mass is 9.93. The van der Waals surface area contributed by atoms with Gasteiger partial charge in [0.25, 0.3) is 0 Å². The first-order valence-corrected chi connectivity index (χ1v) is 7.05. The molecule has 2 atom stereocenters. The van der Waals surface area contributed by atoms with E-state index in [1.54, 1.807) is 6.92 Å². The van der Waals surface area contributed by atoms with Crippen molar-refractivity contribution in [3.05, 3.63) is 0 Å². The summed E-state index contributed by atoms with van der Waals surface area (Å²) in [4.78, 5) is 9.38. The predicted molar refractivity (Wildman–Crippen MR) is 64.1 cm³/mol. The molecule has 2 N–H and O–H groups in total. The fourth-order valence-electron chi connectivity index (χ4n) is 1.02. The highest BCUT2D eigenvalue weighted by molar-refractivity contribution is 7.47. The predicted octanol–water partition coefficient (Wildman–Crippen LogP) is 2.51. The van der Waals surface area contributed by atoms with Crippen molar-refractivity contribution in [2.75, 3.05) is 13.2 Å². The molecule has 16 heavy (non-hydrogen) atoms. The molecule has 0 aliphatic rings. The van der Waals surface area contributed by atoms with Gasteiger partial charge in [-0.15, -0.1) is 0 Å². The summed E-state index contributed by atoms with van der Waals surface area (Å²) in [5.74, 6) is 0. The van der Waals surface area contributed by atoms with Crippen molar-refractivity contribution < 1.29 is 18.5 Å². The highest BCUT2D eigenvalue weighted by Gasteiger charge is 2.24.